The molecular weight excluding hydrogens is 314 g/mol. The minimum atomic E-state index is -0.563. The summed E-state index contributed by atoms with van der Waals surface area (Å²) in [6.45, 7) is 6.01. The molecule has 1 aromatic rings. The lowest BCUT2D eigenvalue weighted by molar-refractivity contribution is -0.118. The highest BCUT2D eigenvalue weighted by atomic mass is 35.5. The highest BCUT2D eigenvalue weighted by Gasteiger charge is 2.35. The van der Waals surface area contributed by atoms with Crippen LogP contribution in [0.4, 0.5) is 4.79 Å². The van der Waals surface area contributed by atoms with Gasteiger partial charge in [-0.2, -0.15) is 0 Å². The fraction of sp³-hybridized carbons (Fsp3) is 0.444. The maximum Gasteiger partial charge on any atom is 0.410 e. The molecule has 0 radical (unpaired) electrons. The Bertz CT molecular complexity index is 602. The standard InChI is InChI=1S/C18H22ClNO3/c1-18(2,3)23-17(22)20-12-4-5-15(20)16(21)11-8-13-6-9-14(19)10-7-13/h6-11,15H,4-5,12H2,1-3H3/t15-/m1/s1. The molecule has 23 heavy (non-hydrogen) atoms. The monoisotopic (exact) mass is 335 g/mol. The number of ether oxygens (including phenoxy) is 1. The van der Waals surface area contributed by atoms with Crippen molar-refractivity contribution in [1.29, 1.82) is 0 Å². The van der Waals surface area contributed by atoms with Gasteiger partial charge in [-0.1, -0.05) is 29.8 Å². The minimum Gasteiger partial charge on any atom is -0.444 e. The highest BCUT2D eigenvalue weighted by Crippen LogP contribution is 2.22. The molecule has 1 saturated heterocycles. The summed E-state index contributed by atoms with van der Waals surface area (Å²) in [6.07, 6.45) is 4.32. The molecule has 4 nitrogen and oxygen atoms in total. The van der Waals surface area contributed by atoms with E-state index in [1.54, 1.807) is 18.2 Å². The molecule has 1 heterocycles. The van der Waals surface area contributed by atoms with Crippen LogP contribution in [0.2, 0.25) is 5.02 Å². The Morgan fingerprint density at radius 1 is 1.26 bits per heavy atom. The van der Waals surface area contributed by atoms with Gasteiger partial charge in [-0.3, -0.25) is 9.69 Å². The number of halogens is 1. The second-order valence-corrected chi connectivity index (χ2v) is 7.06. The molecule has 1 amide bonds. The van der Waals surface area contributed by atoms with Gasteiger partial charge in [0, 0.05) is 11.6 Å². The van der Waals surface area contributed by atoms with Crippen molar-refractivity contribution in [3.8, 4) is 0 Å². The molecule has 0 N–H and O–H groups in total. The first-order valence-corrected chi connectivity index (χ1v) is 8.11. The molecular formula is C18H22ClNO3. The number of carbonyl (C=O) groups excluding carboxylic acids is 2. The van der Waals surface area contributed by atoms with Crippen LogP contribution in [0.25, 0.3) is 6.08 Å². The quantitative estimate of drug-likeness (QED) is 0.773. The van der Waals surface area contributed by atoms with E-state index >= 15 is 0 Å². The van der Waals surface area contributed by atoms with Crippen LogP contribution >= 0.6 is 11.6 Å². The smallest absolute Gasteiger partial charge is 0.410 e. The summed E-state index contributed by atoms with van der Waals surface area (Å²) in [5.41, 5.74) is 0.330. The molecule has 0 aliphatic carbocycles. The van der Waals surface area contributed by atoms with Crippen molar-refractivity contribution in [2.45, 2.75) is 45.3 Å². The molecule has 1 aromatic carbocycles. The third-order valence-corrected chi connectivity index (χ3v) is 3.77. The van der Waals surface area contributed by atoms with Crippen LogP contribution in [0.1, 0.15) is 39.2 Å². The second kappa shape index (κ2) is 7.18. The molecule has 0 unspecified atom stereocenters. The van der Waals surface area contributed by atoms with Crippen LogP contribution in [-0.4, -0.2) is 35.0 Å². The summed E-state index contributed by atoms with van der Waals surface area (Å²) >= 11 is 5.84. The van der Waals surface area contributed by atoms with Gasteiger partial charge in [0.25, 0.3) is 0 Å². The molecule has 0 spiro atoms. The van der Waals surface area contributed by atoms with Gasteiger partial charge in [-0.15, -0.1) is 0 Å². The molecule has 2 rings (SSSR count). The van der Waals surface area contributed by atoms with Crippen LogP contribution in [-0.2, 0) is 9.53 Å². The Morgan fingerprint density at radius 2 is 1.91 bits per heavy atom. The molecule has 5 heteroatoms. The van der Waals surface area contributed by atoms with E-state index in [2.05, 4.69) is 0 Å². The lowest BCUT2D eigenvalue weighted by Gasteiger charge is -2.27. The van der Waals surface area contributed by atoms with E-state index in [9.17, 15) is 9.59 Å². The zero-order chi connectivity index (χ0) is 17.0. The number of benzene rings is 1. The topological polar surface area (TPSA) is 46.6 Å². The average Bonchev–Trinajstić information content (AvgIpc) is 2.94. The summed E-state index contributed by atoms with van der Waals surface area (Å²) in [4.78, 5) is 26.1. The highest BCUT2D eigenvalue weighted by molar-refractivity contribution is 6.30. The fourth-order valence-electron chi connectivity index (χ4n) is 2.46. The van der Waals surface area contributed by atoms with Gasteiger partial charge in [0.05, 0.1) is 6.04 Å². The zero-order valence-electron chi connectivity index (χ0n) is 13.7. The Morgan fingerprint density at radius 3 is 2.52 bits per heavy atom. The molecule has 1 aliphatic heterocycles. The third-order valence-electron chi connectivity index (χ3n) is 3.52. The Labute approximate surface area is 142 Å². The van der Waals surface area contributed by atoms with E-state index in [4.69, 9.17) is 16.3 Å². The predicted molar refractivity (Wildman–Crippen MR) is 91.5 cm³/mol. The molecule has 0 bridgehead atoms. The summed E-state index contributed by atoms with van der Waals surface area (Å²) in [5, 5.41) is 0.653. The first kappa shape index (κ1) is 17.5. The average molecular weight is 336 g/mol. The van der Waals surface area contributed by atoms with Crippen LogP contribution < -0.4 is 0 Å². The van der Waals surface area contributed by atoms with E-state index in [-0.39, 0.29) is 5.78 Å². The summed E-state index contributed by atoms with van der Waals surface area (Å²) < 4.78 is 5.37. The Hall–Kier alpha value is -1.81. The molecule has 1 fully saturated rings. The lowest BCUT2D eigenvalue weighted by atomic mass is 10.1. The number of nitrogens with zero attached hydrogens (tertiary/aromatic N) is 1. The fourth-order valence-corrected chi connectivity index (χ4v) is 2.59. The number of hydrogen-bond donors (Lipinski definition) is 0. The van der Waals surface area contributed by atoms with Gasteiger partial charge in [0.2, 0.25) is 0 Å². The number of amides is 1. The second-order valence-electron chi connectivity index (χ2n) is 6.62. The summed E-state index contributed by atoms with van der Waals surface area (Å²) in [5.74, 6) is -0.0803. The maximum absolute atomic E-state index is 12.4. The van der Waals surface area contributed by atoms with Gasteiger partial charge in [0.1, 0.15) is 5.60 Å². The van der Waals surface area contributed by atoms with Crippen molar-refractivity contribution < 1.29 is 14.3 Å². The number of likely N-dealkylation sites (tertiary alicyclic amines) is 1. The zero-order valence-corrected chi connectivity index (χ0v) is 14.5. The van der Waals surface area contributed by atoms with Crippen LogP contribution in [0.15, 0.2) is 30.3 Å². The molecule has 0 aromatic heterocycles. The minimum absolute atomic E-state index is 0.0803. The van der Waals surface area contributed by atoms with Crippen LogP contribution in [0.5, 0.6) is 0 Å². The van der Waals surface area contributed by atoms with Gasteiger partial charge < -0.3 is 4.74 Å². The van der Waals surface area contributed by atoms with Crippen molar-refractivity contribution in [3.63, 3.8) is 0 Å². The number of ketones is 1. The van der Waals surface area contributed by atoms with Gasteiger partial charge >= 0.3 is 6.09 Å². The van der Waals surface area contributed by atoms with Crippen molar-refractivity contribution in [1.82, 2.24) is 4.90 Å². The largest absolute Gasteiger partial charge is 0.444 e. The van der Waals surface area contributed by atoms with Gasteiger partial charge in [-0.05, 0) is 57.4 Å². The maximum atomic E-state index is 12.4. The van der Waals surface area contributed by atoms with Crippen molar-refractivity contribution in [3.05, 3.63) is 40.9 Å². The van der Waals surface area contributed by atoms with Crippen molar-refractivity contribution in [2.24, 2.45) is 0 Å². The van der Waals surface area contributed by atoms with E-state index in [1.807, 2.05) is 32.9 Å². The number of hydrogen-bond acceptors (Lipinski definition) is 3. The predicted octanol–water partition coefficient (Wildman–Crippen LogP) is 4.32. The number of carbonyl (C=O) groups is 2. The summed E-state index contributed by atoms with van der Waals surface area (Å²) in [7, 11) is 0. The van der Waals surface area contributed by atoms with Crippen molar-refractivity contribution >= 4 is 29.6 Å². The third kappa shape index (κ3) is 5.10. The van der Waals surface area contributed by atoms with Crippen LogP contribution in [0, 0.1) is 0 Å². The van der Waals surface area contributed by atoms with Gasteiger partial charge in [0.15, 0.2) is 5.78 Å². The Kier molecular flexibility index (Phi) is 5.47. The number of rotatable bonds is 3. The first-order valence-electron chi connectivity index (χ1n) is 7.73. The van der Waals surface area contributed by atoms with Crippen LogP contribution in [0.3, 0.4) is 0 Å². The van der Waals surface area contributed by atoms with E-state index in [1.165, 1.54) is 11.0 Å². The summed E-state index contributed by atoms with van der Waals surface area (Å²) in [6, 6.07) is 6.79. The molecule has 1 atom stereocenters. The molecule has 124 valence electrons. The van der Waals surface area contributed by atoms with E-state index in [0.717, 1.165) is 12.0 Å². The first-order chi connectivity index (χ1) is 10.8. The van der Waals surface area contributed by atoms with E-state index < -0.39 is 17.7 Å². The Balaban J connectivity index is 2.02. The van der Waals surface area contributed by atoms with Gasteiger partial charge in [-0.25, -0.2) is 4.79 Å². The lowest BCUT2D eigenvalue weighted by Crippen LogP contribution is -2.42. The van der Waals surface area contributed by atoms with E-state index in [0.29, 0.717) is 18.0 Å². The van der Waals surface area contributed by atoms with Crippen molar-refractivity contribution in [2.75, 3.05) is 6.54 Å². The molecule has 1 aliphatic rings. The SMILES string of the molecule is CC(C)(C)OC(=O)N1CCC[C@@H]1C(=O)C=Cc1ccc(Cl)cc1. The normalized spacial score (nSPS) is 18.4. The molecule has 0 saturated carbocycles.